The molecular weight excluding hydrogens is 577 g/mol. The van der Waals surface area contributed by atoms with Gasteiger partial charge in [0, 0.05) is 18.4 Å². The van der Waals surface area contributed by atoms with Gasteiger partial charge in [0.25, 0.3) is 0 Å². The number of para-hydroxylation sites is 1. The number of carboxylic acid groups (broad SMARTS) is 1. The summed E-state index contributed by atoms with van der Waals surface area (Å²) in [5.74, 6) is 1.07. The van der Waals surface area contributed by atoms with Crippen molar-refractivity contribution in [2.24, 2.45) is 0 Å². The molecule has 2 unspecified atom stereocenters. The van der Waals surface area contributed by atoms with Gasteiger partial charge in [0.15, 0.2) is 17.4 Å². The SMILES string of the molecule is O=C(O)c1ccc2nc(CN3CCC(c4cccc5c4OC(c4ncc(Cl)cc4Cl)C=C5)CC3)n(CC3CCO3)c2n1. The van der Waals surface area contributed by atoms with Crippen molar-refractivity contribution < 1.29 is 19.4 Å². The van der Waals surface area contributed by atoms with Crippen molar-refractivity contribution in [1.29, 1.82) is 0 Å². The van der Waals surface area contributed by atoms with Crippen LogP contribution in [0.3, 0.4) is 0 Å². The van der Waals surface area contributed by atoms with Gasteiger partial charge in [-0.1, -0.05) is 47.5 Å². The molecule has 6 heterocycles. The summed E-state index contributed by atoms with van der Waals surface area (Å²) in [6.45, 7) is 3.82. The van der Waals surface area contributed by atoms with Gasteiger partial charge in [0.05, 0.1) is 29.2 Å². The van der Waals surface area contributed by atoms with Crippen LogP contribution >= 0.6 is 23.2 Å². The molecule has 1 N–H and O–H groups in total. The van der Waals surface area contributed by atoms with Crippen molar-refractivity contribution >= 4 is 46.4 Å². The van der Waals surface area contributed by atoms with Gasteiger partial charge < -0.3 is 19.1 Å². The molecule has 0 bridgehead atoms. The van der Waals surface area contributed by atoms with Crippen LogP contribution in [0.15, 0.2) is 48.7 Å². The van der Waals surface area contributed by atoms with Crippen LogP contribution < -0.4 is 4.74 Å². The number of hydrogen-bond donors (Lipinski definition) is 1. The lowest BCUT2D eigenvalue weighted by atomic mass is 9.87. The molecule has 2 atom stereocenters. The van der Waals surface area contributed by atoms with E-state index >= 15 is 0 Å². The van der Waals surface area contributed by atoms with Gasteiger partial charge in [0.2, 0.25) is 0 Å². The molecule has 42 heavy (non-hydrogen) atoms. The number of pyridine rings is 2. The number of hydrogen-bond acceptors (Lipinski definition) is 7. The van der Waals surface area contributed by atoms with Crippen molar-refractivity contribution in [1.82, 2.24) is 24.4 Å². The monoisotopic (exact) mass is 605 g/mol. The zero-order valence-corrected chi connectivity index (χ0v) is 24.3. The lowest BCUT2D eigenvalue weighted by Crippen LogP contribution is -2.35. The standard InChI is InChI=1S/C31H29Cl2N5O4/c32-20-14-23(33)28(34-15-20)26-7-4-19-2-1-3-22(29(19)42-26)18-8-11-37(12-9-18)17-27-35-24-5-6-25(31(39)40)36-30(24)38(27)16-21-10-13-41-21/h1-7,14-15,18,21,26H,8-13,16-17H2,(H,39,40). The smallest absolute Gasteiger partial charge is 0.354 e. The number of aromatic carboxylic acids is 1. The van der Waals surface area contributed by atoms with E-state index in [0.717, 1.165) is 56.1 Å². The minimum absolute atomic E-state index is 0.0187. The Hall–Kier alpha value is -3.50. The van der Waals surface area contributed by atoms with Crippen molar-refractivity contribution in [2.45, 2.75) is 50.5 Å². The molecule has 0 amide bonds. The summed E-state index contributed by atoms with van der Waals surface area (Å²) in [4.78, 5) is 27.7. The molecule has 3 aliphatic heterocycles. The molecule has 11 heteroatoms. The Labute approximate surface area is 252 Å². The van der Waals surface area contributed by atoms with Crippen LogP contribution in [0, 0.1) is 0 Å². The van der Waals surface area contributed by atoms with Crippen LogP contribution in [0.4, 0.5) is 0 Å². The molecule has 1 aromatic carbocycles. The molecule has 0 saturated carbocycles. The maximum Gasteiger partial charge on any atom is 0.354 e. The van der Waals surface area contributed by atoms with Crippen molar-refractivity contribution in [3.8, 4) is 5.75 Å². The summed E-state index contributed by atoms with van der Waals surface area (Å²) in [6, 6.07) is 11.3. The predicted octanol–water partition coefficient (Wildman–Crippen LogP) is 6.15. The van der Waals surface area contributed by atoms with E-state index in [9.17, 15) is 9.90 Å². The quantitative estimate of drug-likeness (QED) is 0.268. The second-order valence-corrected chi connectivity index (χ2v) is 11.8. The van der Waals surface area contributed by atoms with Crippen LogP contribution in [-0.2, 0) is 17.8 Å². The third kappa shape index (κ3) is 5.26. The van der Waals surface area contributed by atoms with E-state index in [1.165, 1.54) is 11.6 Å². The van der Waals surface area contributed by atoms with E-state index in [4.69, 9.17) is 37.7 Å². The molecular formula is C31H29Cl2N5O4. The minimum Gasteiger partial charge on any atom is -0.479 e. The number of rotatable bonds is 7. The highest BCUT2D eigenvalue weighted by molar-refractivity contribution is 6.34. The third-order valence-electron chi connectivity index (χ3n) is 8.34. The number of ether oxygens (including phenoxy) is 2. The fraction of sp³-hybridized carbons (Fsp3) is 0.355. The summed E-state index contributed by atoms with van der Waals surface area (Å²) in [5, 5.41) is 10.5. The third-order valence-corrected chi connectivity index (χ3v) is 8.85. The molecule has 216 valence electrons. The molecule has 0 spiro atoms. The van der Waals surface area contributed by atoms with E-state index in [-0.39, 0.29) is 17.9 Å². The fourth-order valence-corrected chi connectivity index (χ4v) is 6.50. The molecule has 4 aromatic rings. The Morgan fingerprint density at radius 2 is 1.93 bits per heavy atom. The molecule has 7 rings (SSSR count). The van der Waals surface area contributed by atoms with Gasteiger partial charge in [-0.15, -0.1) is 0 Å². The van der Waals surface area contributed by atoms with E-state index in [0.29, 0.717) is 45.9 Å². The van der Waals surface area contributed by atoms with Crippen molar-refractivity contribution in [2.75, 3.05) is 19.7 Å². The maximum atomic E-state index is 11.6. The average molecular weight is 607 g/mol. The first kappa shape index (κ1) is 27.3. The van der Waals surface area contributed by atoms with Crippen LogP contribution in [0.5, 0.6) is 5.75 Å². The number of imidazole rings is 1. The van der Waals surface area contributed by atoms with Gasteiger partial charge in [0.1, 0.15) is 22.8 Å². The summed E-state index contributed by atoms with van der Waals surface area (Å²) in [7, 11) is 0. The predicted molar refractivity (Wildman–Crippen MR) is 159 cm³/mol. The summed E-state index contributed by atoms with van der Waals surface area (Å²) in [6.07, 6.45) is 8.28. The Morgan fingerprint density at radius 3 is 2.67 bits per heavy atom. The first-order valence-electron chi connectivity index (χ1n) is 14.1. The average Bonchev–Trinajstić information content (AvgIpc) is 3.30. The fourth-order valence-electron chi connectivity index (χ4n) is 6.02. The molecule has 0 radical (unpaired) electrons. The second-order valence-electron chi connectivity index (χ2n) is 11.0. The molecule has 2 fully saturated rings. The van der Waals surface area contributed by atoms with E-state index in [1.807, 2.05) is 10.6 Å². The molecule has 3 aromatic heterocycles. The normalized spacial score (nSPS) is 20.7. The first-order chi connectivity index (χ1) is 20.4. The number of carboxylic acids is 1. The van der Waals surface area contributed by atoms with E-state index < -0.39 is 5.97 Å². The van der Waals surface area contributed by atoms with Gasteiger partial charge in [-0.3, -0.25) is 9.88 Å². The highest BCUT2D eigenvalue weighted by atomic mass is 35.5. The summed E-state index contributed by atoms with van der Waals surface area (Å²) >= 11 is 12.5. The summed E-state index contributed by atoms with van der Waals surface area (Å²) < 4.78 is 14.2. The Kier molecular flexibility index (Phi) is 7.35. The number of aromatic nitrogens is 4. The topological polar surface area (TPSA) is 103 Å². The minimum atomic E-state index is -1.05. The van der Waals surface area contributed by atoms with Crippen LogP contribution in [0.2, 0.25) is 10.0 Å². The summed E-state index contributed by atoms with van der Waals surface area (Å²) in [5.41, 5.74) is 4.22. The maximum absolute atomic E-state index is 11.6. The van der Waals surface area contributed by atoms with Gasteiger partial charge in [-0.05, 0) is 68.1 Å². The second kappa shape index (κ2) is 11.3. The number of carbonyl (C=O) groups is 1. The van der Waals surface area contributed by atoms with Crippen LogP contribution in [0.25, 0.3) is 17.2 Å². The van der Waals surface area contributed by atoms with Crippen LogP contribution in [0.1, 0.15) is 64.4 Å². The van der Waals surface area contributed by atoms with E-state index in [1.54, 1.807) is 18.3 Å². The number of halogens is 2. The van der Waals surface area contributed by atoms with Crippen LogP contribution in [-0.4, -0.2) is 61.3 Å². The molecule has 3 aliphatic rings. The Balaban J connectivity index is 1.08. The largest absolute Gasteiger partial charge is 0.479 e. The molecule has 0 aliphatic carbocycles. The number of fused-ring (bicyclic) bond motifs is 2. The molecule has 2 saturated heterocycles. The Bertz CT molecular complexity index is 1690. The van der Waals surface area contributed by atoms with Gasteiger partial charge in [-0.25, -0.2) is 14.8 Å². The lowest BCUT2D eigenvalue weighted by Gasteiger charge is -2.34. The van der Waals surface area contributed by atoms with Gasteiger partial charge >= 0.3 is 5.97 Å². The van der Waals surface area contributed by atoms with Crippen molar-refractivity contribution in [3.63, 3.8) is 0 Å². The molecule has 9 nitrogen and oxygen atoms in total. The first-order valence-corrected chi connectivity index (χ1v) is 14.9. The van der Waals surface area contributed by atoms with Crippen molar-refractivity contribution in [3.05, 3.63) is 87.1 Å². The number of benzene rings is 1. The Morgan fingerprint density at radius 1 is 1.10 bits per heavy atom. The highest BCUT2D eigenvalue weighted by Gasteiger charge is 2.29. The number of likely N-dealkylation sites (tertiary alicyclic amines) is 1. The van der Waals surface area contributed by atoms with Gasteiger partial charge in [-0.2, -0.15) is 0 Å². The zero-order valence-electron chi connectivity index (χ0n) is 22.7. The number of piperidine rings is 1. The lowest BCUT2D eigenvalue weighted by molar-refractivity contribution is -0.0593. The van der Waals surface area contributed by atoms with E-state index in [2.05, 4.69) is 39.1 Å². The number of nitrogens with zero attached hydrogens (tertiary/aromatic N) is 5. The highest BCUT2D eigenvalue weighted by Crippen LogP contribution is 2.42. The zero-order chi connectivity index (χ0) is 28.8.